The molecule has 0 bridgehead atoms. The number of hydrogen-bond acceptors (Lipinski definition) is 8. The molecule has 1 aromatic carbocycles. The first-order valence-corrected chi connectivity index (χ1v) is 10.7. The monoisotopic (exact) mass is 451 g/mol. The highest BCUT2D eigenvalue weighted by molar-refractivity contribution is 5.94. The molecule has 0 saturated carbocycles. The van der Waals surface area contributed by atoms with Crippen molar-refractivity contribution in [2.75, 3.05) is 64.3 Å². The van der Waals surface area contributed by atoms with Gasteiger partial charge in [-0.25, -0.2) is 0 Å². The molecule has 10 heteroatoms. The molecule has 1 saturated heterocycles. The van der Waals surface area contributed by atoms with Crippen molar-refractivity contribution in [2.24, 2.45) is 7.05 Å². The molecule has 0 atom stereocenters. The number of carbonyl (C=O) groups excluding carboxylic acids is 1. The minimum absolute atomic E-state index is 0.0493. The second-order valence-corrected chi connectivity index (χ2v) is 8.03. The van der Waals surface area contributed by atoms with E-state index >= 15 is 0 Å². The van der Waals surface area contributed by atoms with Crippen LogP contribution >= 0.6 is 0 Å². The lowest BCUT2D eigenvalue weighted by Crippen LogP contribution is -2.49. The van der Waals surface area contributed by atoms with Crippen molar-refractivity contribution in [3.05, 3.63) is 42.1 Å². The fraction of sp³-hybridized carbons (Fsp3) is 0.391. The molecule has 10 nitrogen and oxygen atoms in total. The maximum absolute atomic E-state index is 13.3. The zero-order chi connectivity index (χ0) is 23.5. The minimum Gasteiger partial charge on any atom is -0.497 e. The highest BCUT2D eigenvalue weighted by Crippen LogP contribution is 2.33. The van der Waals surface area contributed by atoms with Crippen LogP contribution in [0, 0.1) is 0 Å². The second kappa shape index (κ2) is 9.35. The van der Waals surface area contributed by atoms with Crippen LogP contribution in [0.3, 0.4) is 0 Å². The van der Waals surface area contributed by atoms with Gasteiger partial charge in [-0.05, 0) is 36.4 Å². The summed E-state index contributed by atoms with van der Waals surface area (Å²) in [5, 5.41) is 13.1. The number of carbonyl (C=O) groups is 1. The summed E-state index contributed by atoms with van der Waals surface area (Å²) in [5.74, 6) is 2.95. The fourth-order valence-electron chi connectivity index (χ4n) is 3.84. The van der Waals surface area contributed by atoms with E-state index in [9.17, 15) is 4.79 Å². The standard InChI is InChI=1S/C23H29N7O3/c1-27(2)21-8-9-22(25-24-21)29-10-12-30(13-11-29)23(31)19-15-18(26-28(19)3)17-14-16(32-4)6-7-20(17)33-5/h6-9,14-15H,10-13H2,1-5H3. The number of aromatic nitrogens is 4. The predicted octanol–water partition coefficient (Wildman–Crippen LogP) is 1.92. The molecule has 0 N–H and O–H groups in total. The van der Waals surface area contributed by atoms with E-state index in [1.165, 1.54) is 0 Å². The van der Waals surface area contributed by atoms with Gasteiger partial charge in [0.05, 0.1) is 19.9 Å². The largest absolute Gasteiger partial charge is 0.497 e. The number of amides is 1. The first kappa shape index (κ1) is 22.4. The van der Waals surface area contributed by atoms with Crippen molar-refractivity contribution >= 4 is 17.5 Å². The Morgan fingerprint density at radius 2 is 1.73 bits per heavy atom. The lowest BCUT2D eigenvalue weighted by molar-refractivity contribution is 0.0735. The van der Waals surface area contributed by atoms with Crippen LogP contribution in [0.5, 0.6) is 11.5 Å². The van der Waals surface area contributed by atoms with E-state index < -0.39 is 0 Å². The second-order valence-electron chi connectivity index (χ2n) is 8.03. The van der Waals surface area contributed by atoms with Gasteiger partial charge in [0.2, 0.25) is 0 Å². The number of anilines is 2. The molecule has 1 aliphatic rings. The van der Waals surface area contributed by atoms with Gasteiger partial charge in [-0.15, -0.1) is 10.2 Å². The molecule has 174 valence electrons. The first-order chi connectivity index (χ1) is 15.9. The number of piperazine rings is 1. The minimum atomic E-state index is -0.0493. The van der Waals surface area contributed by atoms with E-state index in [4.69, 9.17) is 9.47 Å². The smallest absolute Gasteiger partial charge is 0.272 e. The molecule has 1 amide bonds. The highest BCUT2D eigenvalue weighted by atomic mass is 16.5. The van der Waals surface area contributed by atoms with Gasteiger partial charge in [0.25, 0.3) is 5.91 Å². The molecular weight excluding hydrogens is 422 g/mol. The van der Waals surface area contributed by atoms with Gasteiger partial charge in [-0.3, -0.25) is 9.48 Å². The summed E-state index contributed by atoms with van der Waals surface area (Å²) in [6.07, 6.45) is 0. The van der Waals surface area contributed by atoms with E-state index in [-0.39, 0.29) is 5.91 Å². The van der Waals surface area contributed by atoms with E-state index in [0.29, 0.717) is 49.1 Å². The topological polar surface area (TPSA) is 88.9 Å². The summed E-state index contributed by atoms with van der Waals surface area (Å²) in [4.78, 5) is 19.2. The highest BCUT2D eigenvalue weighted by Gasteiger charge is 2.26. The van der Waals surface area contributed by atoms with E-state index in [1.54, 1.807) is 32.0 Å². The third-order valence-electron chi connectivity index (χ3n) is 5.77. The van der Waals surface area contributed by atoms with Crippen LogP contribution in [0.15, 0.2) is 36.4 Å². The van der Waals surface area contributed by atoms with Crippen LogP contribution < -0.4 is 19.3 Å². The number of nitrogens with zero attached hydrogens (tertiary/aromatic N) is 7. The molecule has 0 radical (unpaired) electrons. The van der Waals surface area contributed by atoms with Gasteiger partial charge in [0.15, 0.2) is 11.6 Å². The molecule has 3 aromatic rings. The predicted molar refractivity (Wildman–Crippen MR) is 126 cm³/mol. The van der Waals surface area contributed by atoms with Crippen molar-refractivity contribution < 1.29 is 14.3 Å². The average Bonchev–Trinajstić information content (AvgIpc) is 3.24. The van der Waals surface area contributed by atoms with Crippen LogP contribution in [-0.2, 0) is 7.05 Å². The van der Waals surface area contributed by atoms with Gasteiger partial charge in [-0.2, -0.15) is 5.10 Å². The molecule has 33 heavy (non-hydrogen) atoms. The zero-order valence-corrected chi connectivity index (χ0v) is 19.6. The Labute approximate surface area is 193 Å². The Balaban J connectivity index is 1.47. The van der Waals surface area contributed by atoms with Gasteiger partial charge in [0.1, 0.15) is 17.2 Å². The zero-order valence-electron chi connectivity index (χ0n) is 19.6. The molecule has 0 unspecified atom stereocenters. The number of ether oxygens (including phenoxy) is 2. The molecule has 1 aliphatic heterocycles. The van der Waals surface area contributed by atoms with Gasteiger partial charge in [0, 0.05) is 52.9 Å². The van der Waals surface area contributed by atoms with Crippen LogP contribution in [-0.4, -0.2) is 85.3 Å². The quantitative estimate of drug-likeness (QED) is 0.562. The van der Waals surface area contributed by atoms with Gasteiger partial charge < -0.3 is 24.2 Å². The summed E-state index contributed by atoms with van der Waals surface area (Å²) in [6, 6.07) is 11.2. The SMILES string of the molecule is COc1ccc(OC)c(-c2cc(C(=O)N3CCN(c4ccc(N(C)C)nn4)CC3)n(C)n2)c1. The van der Waals surface area contributed by atoms with Crippen LogP contribution in [0.4, 0.5) is 11.6 Å². The van der Waals surface area contributed by atoms with Crippen molar-refractivity contribution in [2.45, 2.75) is 0 Å². The summed E-state index contributed by atoms with van der Waals surface area (Å²) in [7, 11) is 8.87. The lowest BCUT2D eigenvalue weighted by atomic mass is 10.1. The fourth-order valence-corrected chi connectivity index (χ4v) is 3.84. The van der Waals surface area contributed by atoms with Crippen molar-refractivity contribution in [1.82, 2.24) is 24.9 Å². The van der Waals surface area contributed by atoms with Gasteiger partial charge in [-0.1, -0.05) is 0 Å². The summed E-state index contributed by atoms with van der Waals surface area (Å²) in [5.41, 5.74) is 1.96. The number of rotatable bonds is 6. The molecule has 0 spiro atoms. The summed E-state index contributed by atoms with van der Waals surface area (Å²) < 4.78 is 12.4. The molecule has 3 heterocycles. The molecule has 2 aromatic heterocycles. The number of aryl methyl sites for hydroxylation is 1. The maximum atomic E-state index is 13.3. The number of hydrogen-bond donors (Lipinski definition) is 0. The van der Waals surface area contributed by atoms with Gasteiger partial charge >= 0.3 is 0 Å². The average molecular weight is 452 g/mol. The Morgan fingerprint density at radius 1 is 0.970 bits per heavy atom. The Bertz CT molecular complexity index is 1120. The molecule has 4 rings (SSSR count). The third-order valence-corrected chi connectivity index (χ3v) is 5.77. The van der Waals surface area contributed by atoms with Crippen molar-refractivity contribution in [3.63, 3.8) is 0 Å². The van der Waals surface area contributed by atoms with Crippen LogP contribution in [0.2, 0.25) is 0 Å². The molecule has 0 aliphatic carbocycles. The number of benzene rings is 1. The Morgan fingerprint density at radius 3 is 2.33 bits per heavy atom. The maximum Gasteiger partial charge on any atom is 0.272 e. The molecule has 1 fully saturated rings. The van der Waals surface area contributed by atoms with E-state index in [0.717, 1.165) is 17.2 Å². The van der Waals surface area contributed by atoms with Crippen LogP contribution in [0.1, 0.15) is 10.5 Å². The number of methoxy groups -OCH3 is 2. The third kappa shape index (κ3) is 4.55. The lowest BCUT2D eigenvalue weighted by Gasteiger charge is -2.35. The van der Waals surface area contributed by atoms with Crippen molar-refractivity contribution in [1.29, 1.82) is 0 Å². The Kier molecular flexibility index (Phi) is 6.34. The molecular formula is C23H29N7O3. The summed E-state index contributed by atoms with van der Waals surface area (Å²) in [6.45, 7) is 2.57. The Hall–Kier alpha value is -3.82. The normalized spacial score (nSPS) is 13.7. The van der Waals surface area contributed by atoms with E-state index in [1.807, 2.05) is 54.2 Å². The summed E-state index contributed by atoms with van der Waals surface area (Å²) >= 11 is 0. The first-order valence-electron chi connectivity index (χ1n) is 10.7. The van der Waals surface area contributed by atoms with Crippen LogP contribution in [0.25, 0.3) is 11.3 Å². The van der Waals surface area contributed by atoms with E-state index in [2.05, 4.69) is 20.2 Å². The van der Waals surface area contributed by atoms with Crippen molar-refractivity contribution in [3.8, 4) is 22.8 Å².